The summed E-state index contributed by atoms with van der Waals surface area (Å²) in [6.45, 7) is 5.77. The molecule has 1 aliphatic carbocycles. The maximum atomic E-state index is 11.6. The van der Waals surface area contributed by atoms with Crippen LogP contribution in [0.4, 0.5) is 0 Å². The molecule has 1 aromatic heterocycles. The van der Waals surface area contributed by atoms with Crippen LogP contribution in [0.15, 0.2) is 59.0 Å². The van der Waals surface area contributed by atoms with Crippen LogP contribution in [-0.2, 0) is 6.54 Å². The molecule has 32 heavy (non-hydrogen) atoms. The average Bonchev–Trinajstić information content (AvgIpc) is 3.21. The molecule has 170 valence electrons. The first-order chi connectivity index (χ1) is 15.6. The summed E-state index contributed by atoms with van der Waals surface area (Å²) in [4.78, 5) is 4.99. The van der Waals surface area contributed by atoms with Crippen molar-refractivity contribution < 1.29 is 9.52 Å². The summed E-state index contributed by atoms with van der Waals surface area (Å²) in [7, 11) is 0. The summed E-state index contributed by atoms with van der Waals surface area (Å²) in [6, 6.07) is 18.5. The van der Waals surface area contributed by atoms with Crippen molar-refractivity contribution in [3.63, 3.8) is 0 Å². The van der Waals surface area contributed by atoms with Crippen LogP contribution in [0.3, 0.4) is 0 Å². The zero-order valence-corrected chi connectivity index (χ0v) is 19.4. The maximum absolute atomic E-state index is 11.6. The van der Waals surface area contributed by atoms with Crippen molar-refractivity contribution in [2.24, 2.45) is 0 Å². The maximum Gasteiger partial charge on any atom is 0.134 e. The quantitative estimate of drug-likeness (QED) is 0.522. The Kier molecular flexibility index (Phi) is 6.56. The van der Waals surface area contributed by atoms with Crippen molar-refractivity contribution in [3.05, 3.63) is 70.9 Å². The molecule has 2 heterocycles. The summed E-state index contributed by atoms with van der Waals surface area (Å²) < 4.78 is 6.02. The third-order valence-corrected chi connectivity index (χ3v) is 7.62. The number of benzene rings is 2. The van der Waals surface area contributed by atoms with E-state index in [-0.39, 0.29) is 5.92 Å². The van der Waals surface area contributed by atoms with E-state index in [9.17, 15) is 5.11 Å². The second-order valence-electron chi connectivity index (χ2n) is 9.60. The molecule has 5 heteroatoms. The smallest absolute Gasteiger partial charge is 0.134 e. The number of furan rings is 1. The molecular weight excluding hydrogens is 420 g/mol. The highest BCUT2D eigenvalue weighted by Crippen LogP contribution is 2.41. The number of nitrogens with zero attached hydrogens (tertiary/aromatic N) is 2. The Bertz CT molecular complexity index is 1000. The lowest BCUT2D eigenvalue weighted by atomic mass is 9.72. The standard InChI is InChI=1S/C27H33ClN2O2/c28-23-9-6-8-21(17-23)25(27(31)11-4-1-5-12-27)20-30-15-13-29(14-16-30)19-24-18-22-7-2-3-10-26(22)32-24/h2-3,6-10,17-18,25,31H,1,4-5,11-16,19-20H2. The summed E-state index contributed by atoms with van der Waals surface area (Å²) in [5, 5.41) is 13.6. The van der Waals surface area contributed by atoms with Gasteiger partial charge in [-0.2, -0.15) is 0 Å². The molecule has 2 aliphatic rings. The Morgan fingerprint density at radius 3 is 2.41 bits per heavy atom. The van der Waals surface area contributed by atoms with Gasteiger partial charge in [0, 0.05) is 49.1 Å². The lowest BCUT2D eigenvalue weighted by molar-refractivity contribution is -0.0345. The van der Waals surface area contributed by atoms with Crippen LogP contribution in [0.25, 0.3) is 11.0 Å². The van der Waals surface area contributed by atoms with Crippen molar-refractivity contribution in [2.75, 3.05) is 32.7 Å². The molecule has 1 N–H and O–H groups in total. The second-order valence-corrected chi connectivity index (χ2v) is 10.0. The molecule has 1 atom stereocenters. The van der Waals surface area contributed by atoms with Gasteiger partial charge in [-0.25, -0.2) is 0 Å². The Morgan fingerprint density at radius 2 is 1.66 bits per heavy atom. The van der Waals surface area contributed by atoms with Crippen LogP contribution in [0.1, 0.15) is 49.3 Å². The van der Waals surface area contributed by atoms with Gasteiger partial charge >= 0.3 is 0 Å². The fraction of sp³-hybridized carbons (Fsp3) is 0.481. The third kappa shape index (κ3) is 4.89. The largest absolute Gasteiger partial charge is 0.460 e. The molecule has 4 nitrogen and oxygen atoms in total. The lowest BCUT2D eigenvalue weighted by Gasteiger charge is -2.43. The van der Waals surface area contributed by atoms with Crippen LogP contribution < -0.4 is 0 Å². The highest BCUT2D eigenvalue weighted by molar-refractivity contribution is 6.30. The predicted octanol–water partition coefficient (Wildman–Crippen LogP) is 5.68. The summed E-state index contributed by atoms with van der Waals surface area (Å²) >= 11 is 6.33. The molecule has 0 amide bonds. The van der Waals surface area contributed by atoms with Crippen molar-refractivity contribution in [3.8, 4) is 0 Å². The fourth-order valence-corrected chi connectivity index (χ4v) is 5.74. The molecule has 1 saturated heterocycles. The molecule has 1 unspecified atom stereocenters. The molecular formula is C27H33ClN2O2. The molecule has 1 saturated carbocycles. The molecule has 3 aromatic rings. The number of rotatable bonds is 6. The van der Waals surface area contributed by atoms with Gasteiger partial charge in [0.15, 0.2) is 0 Å². The van der Waals surface area contributed by atoms with Crippen LogP contribution in [0, 0.1) is 0 Å². The Morgan fingerprint density at radius 1 is 0.906 bits per heavy atom. The van der Waals surface area contributed by atoms with Gasteiger partial charge in [-0.05, 0) is 42.7 Å². The van der Waals surface area contributed by atoms with E-state index in [2.05, 4.69) is 40.1 Å². The number of hydrogen-bond donors (Lipinski definition) is 1. The highest BCUT2D eigenvalue weighted by Gasteiger charge is 2.40. The van der Waals surface area contributed by atoms with E-state index >= 15 is 0 Å². The first kappa shape index (κ1) is 22.0. The molecule has 2 fully saturated rings. The van der Waals surface area contributed by atoms with Crippen LogP contribution >= 0.6 is 11.6 Å². The first-order valence-electron chi connectivity index (χ1n) is 12.0. The van der Waals surface area contributed by atoms with Crippen LogP contribution in [0.2, 0.25) is 5.02 Å². The Balaban J connectivity index is 1.24. The van der Waals surface area contributed by atoms with Gasteiger partial charge in [-0.1, -0.05) is 61.2 Å². The normalized spacial score (nSPS) is 21.1. The van der Waals surface area contributed by atoms with Crippen LogP contribution in [-0.4, -0.2) is 53.2 Å². The summed E-state index contributed by atoms with van der Waals surface area (Å²) in [6.07, 6.45) is 5.22. The van der Waals surface area contributed by atoms with Gasteiger partial charge in [-0.3, -0.25) is 4.90 Å². The summed E-state index contributed by atoms with van der Waals surface area (Å²) in [5.41, 5.74) is 1.51. The molecule has 0 radical (unpaired) electrons. The van der Waals surface area contributed by atoms with Gasteiger partial charge in [0.05, 0.1) is 12.1 Å². The van der Waals surface area contributed by atoms with Crippen molar-refractivity contribution >= 4 is 22.6 Å². The number of halogens is 1. The van der Waals surface area contributed by atoms with E-state index in [0.29, 0.717) is 0 Å². The van der Waals surface area contributed by atoms with E-state index in [4.69, 9.17) is 16.0 Å². The minimum Gasteiger partial charge on any atom is -0.460 e. The molecule has 0 bridgehead atoms. The zero-order valence-electron chi connectivity index (χ0n) is 18.7. The van der Waals surface area contributed by atoms with Gasteiger partial charge < -0.3 is 14.4 Å². The van der Waals surface area contributed by atoms with Gasteiger partial charge in [0.25, 0.3) is 0 Å². The van der Waals surface area contributed by atoms with E-state index in [1.807, 2.05) is 24.3 Å². The number of para-hydroxylation sites is 1. The monoisotopic (exact) mass is 452 g/mol. The molecule has 5 rings (SSSR count). The first-order valence-corrected chi connectivity index (χ1v) is 12.4. The van der Waals surface area contributed by atoms with E-state index in [1.165, 1.54) is 17.4 Å². The lowest BCUT2D eigenvalue weighted by Crippen LogP contribution is -2.50. The summed E-state index contributed by atoms with van der Waals surface area (Å²) in [5.74, 6) is 1.14. The van der Waals surface area contributed by atoms with Gasteiger partial charge in [-0.15, -0.1) is 0 Å². The predicted molar refractivity (Wildman–Crippen MR) is 130 cm³/mol. The number of piperazine rings is 1. The van der Waals surface area contributed by atoms with Crippen molar-refractivity contribution in [1.82, 2.24) is 9.80 Å². The average molecular weight is 453 g/mol. The SMILES string of the molecule is OC1(C(CN2CCN(Cc3cc4ccccc4o3)CC2)c2cccc(Cl)c2)CCCCC1. The molecule has 0 spiro atoms. The Hall–Kier alpha value is -1.85. The van der Waals surface area contributed by atoms with Crippen molar-refractivity contribution in [2.45, 2.75) is 50.2 Å². The minimum atomic E-state index is -0.631. The Labute approximate surface area is 195 Å². The second kappa shape index (κ2) is 9.56. The van der Waals surface area contributed by atoms with E-state index in [1.54, 1.807) is 0 Å². The highest BCUT2D eigenvalue weighted by atomic mass is 35.5. The number of aliphatic hydroxyl groups is 1. The van der Waals surface area contributed by atoms with Gasteiger partial charge in [0.1, 0.15) is 11.3 Å². The van der Waals surface area contributed by atoms with Gasteiger partial charge in [0.2, 0.25) is 0 Å². The topological polar surface area (TPSA) is 39.9 Å². The van der Waals surface area contributed by atoms with Crippen molar-refractivity contribution in [1.29, 1.82) is 0 Å². The van der Waals surface area contributed by atoms with Crippen LogP contribution in [0.5, 0.6) is 0 Å². The van der Waals surface area contributed by atoms with E-state index < -0.39 is 5.60 Å². The molecule has 1 aliphatic heterocycles. The third-order valence-electron chi connectivity index (χ3n) is 7.38. The number of fused-ring (bicyclic) bond motifs is 1. The molecule has 2 aromatic carbocycles. The van der Waals surface area contributed by atoms with E-state index in [0.717, 1.165) is 81.3 Å². The zero-order chi connectivity index (χ0) is 22.0. The minimum absolute atomic E-state index is 0.100. The fourth-order valence-electron chi connectivity index (χ4n) is 5.54. The number of hydrogen-bond acceptors (Lipinski definition) is 4.